The molecular formula is C33H44O4. The molecule has 2 aromatic rings. The van der Waals surface area contributed by atoms with Crippen molar-refractivity contribution in [3.05, 3.63) is 108 Å². The molecule has 2 aromatic carbocycles. The van der Waals surface area contributed by atoms with Crippen molar-refractivity contribution in [3.63, 3.8) is 0 Å². The van der Waals surface area contributed by atoms with Gasteiger partial charge in [-0.1, -0.05) is 98.8 Å². The summed E-state index contributed by atoms with van der Waals surface area (Å²) in [4.78, 5) is 0. The van der Waals surface area contributed by atoms with Gasteiger partial charge >= 0.3 is 0 Å². The average molecular weight is 505 g/mol. The molecule has 4 atom stereocenters. The molecule has 3 rings (SSSR count). The lowest BCUT2D eigenvalue weighted by Gasteiger charge is -2.34. The number of hydrogen-bond donors (Lipinski definition) is 1. The van der Waals surface area contributed by atoms with Gasteiger partial charge < -0.3 is 19.3 Å². The van der Waals surface area contributed by atoms with E-state index in [1.54, 1.807) is 0 Å². The van der Waals surface area contributed by atoms with Gasteiger partial charge in [0.05, 0.1) is 38.1 Å². The summed E-state index contributed by atoms with van der Waals surface area (Å²) in [6.45, 7) is 9.85. The minimum Gasteiger partial charge on any atom is -0.384 e. The van der Waals surface area contributed by atoms with Crippen LogP contribution >= 0.6 is 0 Å². The highest BCUT2D eigenvalue weighted by molar-refractivity contribution is 5.24. The van der Waals surface area contributed by atoms with Crippen LogP contribution in [0.25, 0.3) is 0 Å². The molecule has 37 heavy (non-hydrogen) atoms. The first-order valence-electron chi connectivity index (χ1n) is 13.7. The fourth-order valence-electron chi connectivity index (χ4n) is 4.50. The van der Waals surface area contributed by atoms with Crippen LogP contribution < -0.4 is 0 Å². The largest absolute Gasteiger partial charge is 0.384 e. The minimum atomic E-state index is -0.614. The van der Waals surface area contributed by atoms with Crippen molar-refractivity contribution in [2.45, 2.75) is 90.0 Å². The molecule has 200 valence electrons. The van der Waals surface area contributed by atoms with E-state index in [1.807, 2.05) is 55.5 Å². The van der Waals surface area contributed by atoms with E-state index in [2.05, 4.69) is 43.8 Å². The maximum absolute atomic E-state index is 10.6. The first-order chi connectivity index (χ1) is 18.1. The third kappa shape index (κ3) is 10.4. The Morgan fingerprint density at radius 3 is 2.41 bits per heavy atom. The van der Waals surface area contributed by atoms with Crippen LogP contribution in [0.1, 0.15) is 63.5 Å². The van der Waals surface area contributed by atoms with Crippen LogP contribution in [0, 0.1) is 0 Å². The van der Waals surface area contributed by atoms with E-state index in [-0.39, 0.29) is 18.3 Å². The van der Waals surface area contributed by atoms with Gasteiger partial charge in [0.15, 0.2) is 0 Å². The first-order valence-corrected chi connectivity index (χ1v) is 13.7. The Kier molecular flexibility index (Phi) is 12.9. The second kappa shape index (κ2) is 16.4. The lowest BCUT2D eigenvalue weighted by molar-refractivity contribution is -0.134. The molecule has 4 nitrogen and oxygen atoms in total. The van der Waals surface area contributed by atoms with Crippen molar-refractivity contribution in [2.75, 3.05) is 6.61 Å². The quantitative estimate of drug-likeness (QED) is 0.204. The summed E-state index contributed by atoms with van der Waals surface area (Å²) < 4.78 is 18.8. The third-order valence-electron chi connectivity index (χ3n) is 6.78. The van der Waals surface area contributed by atoms with E-state index in [1.165, 1.54) is 5.56 Å². The molecule has 0 unspecified atom stereocenters. The molecule has 4 heteroatoms. The average Bonchev–Trinajstić information content (AvgIpc) is 2.94. The van der Waals surface area contributed by atoms with Crippen LogP contribution in [0.3, 0.4) is 0 Å². The highest BCUT2D eigenvalue weighted by Crippen LogP contribution is 2.25. The summed E-state index contributed by atoms with van der Waals surface area (Å²) in [5.74, 6) is 0. The van der Waals surface area contributed by atoms with E-state index >= 15 is 0 Å². The van der Waals surface area contributed by atoms with E-state index < -0.39 is 6.10 Å². The summed E-state index contributed by atoms with van der Waals surface area (Å²) in [7, 11) is 0. The van der Waals surface area contributed by atoms with Crippen molar-refractivity contribution in [2.24, 2.45) is 0 Å². The van der Waals surface area contributed by atoms with Gasteiger partial charge in [0.25, 0.3) is 0 Å². The van der Waals surface area contributed by atoms with Crippen molar-refractivity contribution >= 4 is 0 Å². The van der Waals surface area contributed by atoms with Crippen LogP contribution in [0.5, 0.6) is 0 Å². The van der Waals surface area contributed by atoms with E-state index in [4.69, 9.17) is 14.2 Å². The Balaban J connectivity index is 1.61. The monoisotopic (exact) mass is 504 g/mol. The highest BCUT2D eigenvalue weighted by atomic mass is 16.6. The number of aliphatic hydroxyl groups excluding tert-OH is 1. The zero-order valence-electron chi connectivity index (χ0n) is 22.6. The molecule has 1 N–H and O–H groups in total. The number of unbranched alkanes of at least 4 members (excludes halogenated alkanes) is 1. The minimum absolute atomic E-state index is 0.0443. The molecule has 1 aliphatic heterocycles. The van der Waals surface area contributed by atoms with Gasteiger partial charge in [0, 0.05) is 0 Å². The van der Waals surface area contributed by atoms with Crippen LogP contribution in [0.4, 0.5) is 0 Å². The molecule has 0 saturated carbocycles. The zero-order valence-corrected chi connectivity index (χ0v) is 22.6. The van der Waals surface area contributed by atoms with Gasteiger partial charge in [-0.15, -0.1) is 0 Å². The zero-order chi connectivity index (χ0) is 26.3. The molecule has 0 amide bonds. The Morgan fingerprint density at radius 1 is 1.05 bits per heavy atom. The number of rotatable bonds is 15. The topological polar surface area (TPSA) is 47.9 Å². The Bertz CT molecular complexity index is 966. The van der Waals surface area contributed by atoms with Gasteiger partial charge in [-0.25, -0.2) is 0 Å². The normalized spacial score (nSPS) is 20.1. The SMILES string of the molecule is C=C(CCCC)[C@H](O)/C(C)=C/C=C/[C@@H](OCc1ccccc1)[C@H]1CCC[C@H](COCc2ccccc2)O1. The lowest BCUT2D eigenvalue weighted by atomic mass is 9.98. The van der Waals surface area contributed by atoms with Gasteiger partial charge in [-0.3, -0.25) is 0 Å². The maximum atomic E-state index is 10.6. The third-order valence-corrected chi connectivity index (χ3v) is 6.78. The number of hydrogen-bond acceptors (Lipinski definition) is 4. The van der Waals surface area contributed by atoms with Crippen LogP contribution in [-0.2, 0) is 27.4 Å². The Labute approximate surface area is 223 Å². The lowest BCUT2D eigenvalue weighted by Crippen LogP contribution is -2.39. The van der Waals surface area contributed by atoms with Gasteiger partial charge in [0.1, 0.15) is 6.10 Å². The summed E-state index contributed by atoms with van der Waals surface area (Å²) >= 11 is 0. The second-order valence-corrected chi connectivity index (χ2v) is 9.95. The van der Waals surface area contributed by atoms with Gasteiger partial charge in [-0.05, 0) is 61.3 Å². The van der Waals surface area contributed by atoms with E-state index in [9.17, 15) is 5.11 Å². The summed E-state index contributed by atoms with van der Waals surface area (Å²) in [6, 6.07) is 20.4. The van der Waals surface area contributed by atoms with Gasteiger partial charge in [-0.2, -0.15) is 0 Å². The Hall–Kier alpha value is -2.50. The molecule has 0 aliphatic carbocycles. The molecule has 1 saturated heterocycles. The summed E-state index contributed by atoms with van der Waals surface area (Å²) in [5, 5.41) is 10.6. The summed E-state index contributed by atoms with van der Waals surface area (Å²) in [6.07, 6.45) is 11.2. The molecular weight excluding hydrogens is 460 g/mol. The predicted molar refractivity (Wildman–Crippen MR) is 151 cm³/mol. The molecule has 0 radical (unpaired) electrons. The molecule has 0 aromatic heterocycles. The van der Waals surface area contributed by atoms with Crippen molar-refractivity contribution in [1.82, 2.24) is 0 Å². The van der Waals surface area contributed by atoms with Crippen molar-refractivity contribution in [3.8, 4) is 0 Å². The van der Waals surface area contributed by atoms with E-state index in [0.29, 0.717) is 19.8 Å². The molecule has 1 heterocycles. The van der Waals surface area contributed by atoms with E-state index in [0.717, 1.165) is 55.2 Å². The molecule has 1 fully saturated rings. The van der Waals surface area contributed by atoms with Crippen LogP contribution in [-0.4, -0.2) is 36.1 Å². The summed E-state index contributed by atoms with van der Waals surface area (Å²) in [5.41, 5.74) is 4.06. The molecule has 0 spiro atoms. The smallest absolute Gasteiger partial charge is 0.102 e. The fourth-order valence-corrected chi connectivity index (χ4v) is 4.50. The van der Waals surface area contributed by atoms with Crippen molar-refractivity contribution < 1.29 is 19.3 Å². The van der Waals surface area contributed by atoms with Crippen molar-refractivity contribution in [1.29, 1.82) is 0 Å². The van der Waals surface area contributed by atoms with Crippen LogP contribution in [0.2, 0.25) is 0 Å². The van der Waals surface area contributed by atoms with Crippen LogP contribution in [0.15, 0.2) is 96.6 Å². The number of allylic oxidation sites excluding steroid dienone is 2. The van der Waals surface area contributed by atoms with Gasteiger partial charge in [0.2, 0.25) is 0 Å². The second-order valence-electron chi connectivity index (χ2n) is 9.95. The standard InChI is InChI=1S/C33H44O4/c1-4-5-14-26(2)33(34)27(3)15-12-21-31(36-24-29-18-10-7-11-19-29)32-22-13-20-30(37-32)25-35-23-28-16-8-6-9-17-28/h6-12,15-19,21,30-34H,2,4-5,13-14,20,22-25H2,1,3H3/b21-12+,27-15+/t30-,31-,32-,33+/m1/s1. The highest BCUT2D eigenvalue weighted by Gasteiger charge is 2.28. The Morgan fingerprint density at radius 2 is 1.73 bits per heavy atom. The fraction of sp³-hybridized carbons (Fsp3) is 0.455. The first kappa shape index (κ1) is 29.1. The number of benzene rings is 2. The number of ether oxygens (including phenoxy) is 3. The maximum Gasteiger partial charge on any atom is 0.102 e. The predicted octanol–water partition coefficient (Wildman–Crippen LogP) is 7.34. The molecule has 0 bridgehead atoms. The molecule has 1 aliphatic rings. The number of aliphatic hydroxyl groups is 1.